The Morgan fingerprint density at radius 3 is 2.00 bits per heavy atom. The minimum absolute atomic E-state index is 0.215. The molecule has 0 aromatic heterocycles. The van der Waals surface area contributed by atoms with E-state index >= 15 is 0 Å². The fourth-order valence-corrected chi connectivity index (χ4v) is 1.99. The van der Waals surface area contributed by atoms with Crippen LogP contribution in [-0.4, -0.2) is 18.9 Å². The largest absolute Gasteiger partial charge is 0.420 e. The third-order valence-corrected chi connectivity index (χ3v) is 2.83. The van der Waals surface area contributed by atoms with E-state index in [-0.39, 0.29) is 19.4 Å². The van der Waals surface area contributed by atoms with Crippen LogP contribution in [0.25, 0.3) is 0 Å². The molecule has 0 radical (unpaired) electrons. The molecule has 1 atom stereocenters. The van der Waals surface area contributed by atoms with Gasteiger partial charge in [0.25, 0.3) is 0 Å². The predicted octanol–water partition coefficient (Wildman–Crippen LogP) is 2.41. The average Bonchev–Trinajstić information content (AvgIpc) is 2.50. The van der Waals surface area contributed by atoms with Gasteiger partial charge in [0.05, 0.1) is 0 Å². The molecule has 0 bridgehead atoms. The maximum Gasteiger partial charge on any atom is 0.420 e. The zero-order valence-corrected chi connectivity index (χ0v) is 7.20. The Bertz CT molecular complexity index is 171. The van der Waals surface area contributed by atoms with Crippen LogP contribution in [0.1, 0.15) is 25.7 Å². The van der Waals surface area contributed by atoms with Gasteiger partial charge in [-0.05, 0) is 12.8 Å². The summed E-state index contributed by atoms with van der Waals surface area (Å²) < 4.78 is 49.4. The van der Waals surface area contributed by atoms with Crippen LogP contribution in [0.4, 0.5) is 17.6 Å². The van der Waals surface area contributed by atoms with Gasteiger partial charge in [0.2, 0.25) is 6.17 Å². The standard InChI is InChI=1S/C8H13F4N/c9-6(8(10,11)12)7(5-13)3-1-2-4-7/h6H,1-5,13H2. The van der Waals surface area contributed by atoms with Crippen molar-refractivity contribution in [1.82, 2.24) is 0 Å². The highest BCUT2D eigenvalue weighted by atomic mass is 19.4. The summed E-state index contributed by atoms with van der Waals surface area (Å²) >= 11 is 0. The first-order chi connectivity index (χ1) is 5.92. The first-order valence-corrected chi connectivity index (χ1v) is 4.33. The predicted molar refractivity (Wildman–Crippen MR) is 40.9 cm³/mol. The van der Waals surface area contributed by atoms with Gasteiger partial charge in [-0.1, -0.05) is 12.8 Å². The van der Waals surface area contributed by atoms with Crippen molar-refractivity contribution >= 4 is 0 Å². The SMILES string of the molecule is NCC1(C(F)C(F)(F)F)CCCC1. The third-order valence-electron chi connectivity index (χ3n) is 2.83. The van der Waals surface area contributed by atoms with Crippen LogP contribution >= 0.6 is 0 Å². The molecule has 5 heteroatoms. The van der Waals surface area contributed by atoms with Crippen molar-refractivity contribution in [2.24, 2.45) is 11.1 Å². The van der Waals surface area contributed by atoms with Crippen LogP contribution in [-0.2, 0) is 0 Å². The van der Waals surface area contributed by atoms with E-state index in [2.05, 4.69) is 0 Å². The van der Waals surface area contributed by atoms with Gasteiger partial charge in [-0.25, -0.2) is 4.39 Å². The monoisotopic (exact) mass is 199 g/mol. The number of hydrogen-bond donors (Lipinski definition) is 1. The lowest BCUT2D eigenvalue weighted by Gasteiger charge is -2.32. The second kappa shape index (κ2) is 3.44. The van der Waals surface area contributed by atoms with Gasteiger partial charge < -0.3 is 5.73 Å². The molecular weight excluding hydrogens is 186 g/mol. The summed E-state index contributed by atoms with van der Waals surface area (Å²) in [5, 5.41) is 0. The molecule has 0 amide bonds. The second-order valence-corrected chi connectivity index (χ2v) is 3.68. The van der Waals surface area contributed by atoms with Gasteiger partial charge in [-0.15, -0.1) is 0 Å². The van der Waals surface area contributed by atoms with Crippen molar-refractivity contribution in [3.63, 3.8) is 0 Å². The van der Waals surface area contributed by atoms with Crippen molar-refractivity contribution < 1.29 is 17.6 Å². The van der Waals surface area contributed by atoms with Gasteiger partial charge in [-0.2, -0.15) is 13.2 Å². The Labute approximate surface area is 74.3 Å². The number of halogens is 4. The van der Waals surface area contributed by atoms with Crippen LogP contribution in [0, 0.1) is 5.41 Å². The van der Waals surface area contributed by atoms with Crippen molar-refractivity contribution in [3.8, 4) is 0 Å². The number of hydrogen-bond acceptors (Lipinski definition) is 1. The normalized spacial score (nSPS) is 24.7. The van der Waals surface area contributed by atoms with E-state index in [1.165, 1.54) is 0 Å². The van der Waals surface area contributed by atoms with E-state index < -0.39 is 17.8 Å². The molecule has 0 heterocycles. The first-order valence-electron chi connectivity index (χ1n) is 4.33. The molecule has 0 saturated heterocycles. The molecule has 0 aromatic carbocycles. The maximum absolute atomic E-state index is 13.1. The van der Waals surface area contributed by atoms with E-state index in [1.54, 1.807) is 0 Å². The van der Waals surface area contributed by atoms with Gasteiger partial charge in [0.15, 0.2) is 0 Å². The molecule has 1 saturated carbocycles. The van der Waals surface area contributed by atoms with Crippen molar-refractivity contribution in [3.05, 3.63) is 0 Å². The highest BCUT2D eigenvalue weighted by Gasteiger charge is 2.54. The van der Waals surface area contributed by atoms with E-state index in [0.717, 1.165) is 0 Å². The van der Waals surface area contributed by atoms with Crippen molar-refractivity contribution in [2.45, 2.75) is 38.0 Å². The minimum Gasteiger partial charge on any atom is -0.330 e. The lowest BCUT2D eigenvalue weighted by atomic mass is 9.81. The Kier molecular flexibility index (Phi) is 2.85. The molecule has 2 N–H and O–H groups in total. The van der Waals surface area contributed by atoms with Gasteiger partial charge in [0, 0.05) is 12.0 Å². The van der Waals surface area contributed by atoms with Crippen molar-refractivity contribution in [2.75, 3.05) is 6.54 Å². The fraction of sp³-hybridized carbons (Fsp3) is 1.00. The quantitative estimate of drug-likeness (QED) is 0.679. The van der Waals surface area contributed by atoms with E-state index in [0.29, 0.717) is 12.8 Å². The summed E-state index contributed by atoms with van der Waals surface area (Å²) in [5.74, 6) is 0. The average molecular weight is 199 g/mol. The van der Waals surface area contributed by atoms with Crippen LogP contribution in [0.3, 0.4) is 0 Å². The molecule has 1 aliphatic carbocycles. The lowest BCUT2D eigenvalue weighted by molar-refractivity contribution is -0.211. The minimum atomic E-state index is -4.76. The van der Waals surface area contributed by atoms with Gasteiger partial charge >= 0.3 is 6.18 Å². The lowest BCUT2D eigenvalue weighted by Crippen LogP contribution is -2.45. The zero-order valence-electron chi connectivity index (χ0n) is 7.20. The van der Waals surface area contributed by atoms with Crippen LogP contribution < -0.4 is 5.73 Å². The molecule has 0 aromatic rings. The maximum atomic E-state index is 13.1. The molecular formula is C8H13F4N. The summed E-state index contributed by atoms with van der Waals surface area (Å²) in [6.07, 6.45) is -5.72. The van der Waals surface area contributed by atoms with E-state index in [1.807, 2.05) is 0 Å². The zero-order chi connectivity index (χ0) is 10.1. The molecule has 78 valence electrons. The van der Waals surface area contributed by atoms with Crippen LogP contribution in [0.15, 0.2) is 0 Å². The topological polar surface area (TPSA) is 26.0 Å². The summed E-state index contributed by atoms with van der Waals surface area (Å²) in [4.78, 5) is 0. The third kappa shape index (κ3) is 1.95. The molecule has 1 fully saturated rings. The molecule has 0 aliphatic heterocycles. The molecule has 13 heavy (non-hydrogen) atoms. The van der Waals surface area contributed by atoms with E-state index in [9.17, 15) is 17.6 Å². The summed E-state index contributed by atoms with van der Waals surface area (Å²) in [6.45, 7) is -0.215. The van der Waals surface area contributed by atoms with Gasteiger partial charge in [0.1, 0.15) is 0 Å². The van der Waals surface area contributed by atoms with Crippen LogP contribution in [0.5, 0.6) is 0 Å². The molecule has 0 spiro atoms. The second-order valence-electron chi connectivity index (χ2n) is 3.68. The Hall–Kier alpha value is -0.320. The fourth-order valence-electron chi connectivity index (χ4n) is 1.99. The van der Waals surface area contributed by atoms with Crippen molar-refractivity contribution in [1.29, 1.82) is 0 Å². The molecule has 1 aliphatic rings. The van der Waals surface area contributed by atoms with E-state index in [4.69, 9.17) is 5.73 Å². The first kappa shape index (κ1) is 10.8. The highest BCUT2D eigenvalue weighted by Crippen LogP contribution is 2.47. The molecule has 1 nitrogen and oxygen atoms in total. The smallest absolute Gasteiger partial charge is 0.330 e. The summed E-state index contributed by atoms with van der Waals surface area (Å²) in [6, 6.07) is 0. The number of nitrogens with two attached hydrogens (primary N) is 1. The molecule has 1 rings (SSSR count). The number of alkyl halides is 4. The Balaban J connectivity index is 2.76. The number of rotatable bonds is 2. The van der Waals surface area contributed by atoms with Gasteiger partial charge in [-0.3, -0.25) is 0 Å². The van der Waals surface area contributed by atoms with Crippen LogP contribution in [0.2, 0.25) is 0 Å². The Morgan fingerprint density at radius 1 is 1.23 bits per heavy atom. The summed E-state index contributed by atoms with van der Waals surface area (Å²) in [5.41, 5.74) is 3.89. The Morgan fingerprint density at radius 2 is 1.69 bits per heavy atom. The molecule has 1 unspecified atom stereocenters. The highest BCUT2D eigenvalue weighted by molar-refractivity contribution is 4.94. The summed E-state index contributed by atoms with van der Waals surface area (Å²) in [7, 11) is 0.